The third-order valence-electron chi connectivity index (χ3n) is 4.69. The van der Waals surface area contributed by atoms with Gasteiger partial charge in [-0.15, -0.1) is 0 Å². The molecule has 134 valence electrons. The normalized spacial score (nSPS) is 17.6. The molecule has 1 fully saturated rings. The first-order chi connectivity index (χ1) is 12.1. The monoisotopic (exact) mass is 342 g/mol. The van der Waals surface area contributed by atoms with E-state index in [1.807, 2.05) is 43.3 Å². The minimum atomic E-state index is 0.00572. The topological polar surface area (TPSA) is 59.4 Å². The van der Waals surface area contributed by atoms with Gasteiger partial charge in [0.1, 0.15) is 11.4 Å². The third-order valence-corrected chi connectivity index (χ3v) is 4.69. The van der Waals surface area contributed by atoms with Gasteiger partial charge in [0, 0.05) is 19.3 Å². The zero-order valence-electron chi connectivity index (χ0n) is 15.2. The molecule has 1 N–H and O–H groups in total. The number of likely N-dealkylation sites (tertiary alicyclic amines) is 1. The number of ether oxygens (including phenoxy) is 1. The molecule has 0 aliphatic carbocycles. The highest BCUT2D eigenvalue weighted by Gasteiger charge is 2.25. The van der Waals surface area contributed by atoms with Crippen LogP contribution >= 0.6 is 0 Å². The van der Waals surface area contributed by atoms with E-state index in [-0.39, 0.29) is 5.91 Å². The number of piperidine rings is 1. The third kappa shape index (κ3) is 3.85. The largest absolute Gasteiger partial charge is 0.494 e. The van der Waals surface area contributed by atoms with E-state index in [4.69, 9.17) is 4.74 Å². The van der Waals surface area contributed by atoms with Gasteiger partial charge < -0.3 is 15.0 Å². The molecule has 0 spiro atoms. The van der Waals surface area contributed by atoms with Crippen molar-refractivity contribution in [2.45, 2.75) is 19.8 Å². The van der Waals surface area contributed by atoms with Crippen molar-refractivity contribution in [3.63, 3.8) is 0 Å². The van der Waals surface area contributed by atoms with Crippen molar-refractivity contribution in [3.05, 3.63) is 41.7 Å². The van der Waals surface area contributed by atoms with Gasteiger partial charge in [-0.3, -0.25) is 4.79 Å². The Hall–Kier alpha value is -2.34. The summed E-state index contributed by atoms with van der Waals surface area (Å²) >= 11 is 0. The predicted molar refractivity (Wildman–Crippen MR) is 97.4 cm³/mol. The summed E-state index contributed by atoms with van der Waals surface area (Å²) in [6.45, 7) is 4.56. The Kier molecular flexibility index (Phi) is 5.38. The maximum atomic E-state index is 12.8. The molecule has 1 unspecified atom stereocenters. The number of methoxy groups -OCH3 is 1. The van der Waals surface area contributed by atoms with E-state index in [0.29, 0.717) is 11.6 Å². The zero-order chi connectivity index (χ0) is 17.8. The van der Waals surface area contributed by atoms with E-state index < -0.39 is 0 Å². The van der Waals surface area contributed by atoms with Crippen LogP contribution in [0.3, 0.4) is 0 Å². The highest BCUT2D eigenvalue weighted by molar-refractivity contribution is 5.92. The second-order valence-electron chi connectivity index (χ2n) is 6.64. The molecule has 1 atom stereocenters. The van der Waals surface area contributed by atoms with Crippen LogP contribution in [0.5, 0.6) is 5.75 Å². The number of nitrogens with zero attached hydrogens (tertiary/aromatic N) is 3. The Morgan fingerprint density at radius 2 is 2.24 bits per heavy atom. The maximum absolute atomic E-state index is 12.8. The average Bonchev–Trinajstić information content (AvgIpc) is 3.11. The summed E-state index contributed by atoms with van der Waals surface area (Å²) in [5.74, 6) is 1.26. The number of hydrogen-bond donors (Lipinski definition) is 1. The lowest BCUT2D eigenvalue weighted by molar-refractivity contribution is 0.0668. The number of benzene rings is 1. The van der Waals surface area contributed by atoms with E-state index in [2.05, 4.69) is 10.4 Å². The van der Waals surface area contributed by atoms with E-state index in [1.165, 1.54) is 6.42 Å². The fraction of sp³-hybridized carbons (Fsp3) is 0.474. The van der Waals surface area contributed by atoms with Gasteiger partial charge >= 0.3 is 0 Å². The van der Waals surface area contributed by atoms with Crippen molar-refractivity contribution in [2.75, 3.05) is 33.8 Å². The van der Waals surface area contributed by atoms with E-state index in [0.717, 1.165) is 43.1 Å². The van der Waals surface area contributed by atoms with Crippen LogP contribution in [-0.4, -0.2) is 54.4 Å². The van der Waals surface area contributed by atoms with E-state index >= 15 is 0 Å². The molecule has 0 radical (unpaired) electrons. The van der Waals surface area contributed by atoms with Crippen LogP contribution in [0.25, 0.3) is 5.69 Å². The summed E-state index contributed by atoms with van der Waals surface area (Å²) < 4.78 is 7.14. The molecule has 0 bridgehead atoms. The van der Waals surface area contributed by atoms with Crippen LogP contribution in [0.4, 0.5) is 0 Å². The molecule has 1 saturated heterocycles. The van der Waals surface area contributed by atoms with E-state index in [1.54, 1.807) is 17.9 Å². The number of aryl methyl sites for hydroxylation is 1. The molecule has 2 heterocycles. The summed E-state index contributed by atoms with van der Waals surface area (Å²) in [6, 6.07) is 7.70. The Morgan fingerprint density at radius 3 is 3.00 bits per heavy atom. The summed E-state index contributed by atoms with van der Waals surface area (Å²) in [6.07, 6.45) is 4.03. The maximum Gasteiger partial charge on any atom is 0.274 e. The Bertz CT molecular complexity index is 739. The van der Waals surface area contributed by atoms with Crippen LogP contribution in [0.2, 0.25) is 0 Å². The molecule has 0 saturated carbocycles. The van der Waals surface area contributed by atoms with Gasteiger partial charge in [0.05, 0.1) is 7.11 Å². The van der Waals surface area contributed by atoms with Crippen LogP contribution in [0.1, 0.15) is 28.9 Å². The van der Waals surface area contributed by atoms with Crippen LogP contribution in [0, 0.1) is 12.8 Å². The minimum absolute atomic E-state index is 0.00572. The number of rotatable bonds is 5. The van der Waals surface area contributed by atoms with Gasteiger partial charge in [-0.05, 0) is 63.0 Å². The Labute approximate surface area is 148 Å². The summed E-state index contributed by atoms with van der Waals surface area (Å²) in [7, 11) is 3.59. The number of hydrogen-bond acceptors (Lipinski definition) is 4. The van der Waals surface area contributed by atoms with Gasteiger partial charge in [0.15, 0.2) is 5.69 Å². The lowest BCUT2D eigenvalue weighted by Gasteiger charge is -2.32. The van der Waals surface area contributed by atoms with Crippen molar-refractivity contribution in [2.24, 2.45) is 5.92 Å². The van der Waals surface area contributed by atoms with Gasteiger partial charge in [-0.25, -0.2) is 4.68 Å². The minimum Gasteiger partial charge on any atom is -0.494 e. The second kappa shape index (κ2) is 7.70. The fourth-order valence-corrected chi connectivity index (χ4v) is 3.42. The van der Waals surface area contributed by atoms with E-state index in [9.17, 15) is 4.79 Å². The quantitative estimate of drug-likeness (QED) is 0.905. The molecule has 1 aromatic heterocycles. The standard InChI is InChI=1S/C19H26N4O2/c1-14-6-7-18(25-3)17(11-14)23-10-8-16(21-23)19(24)22-9-4-5-15(13-22)12-20-2/h6-8,10-11,15,20H,4-5,9,12-13H2,1-3H3. The number of aromatic nitrogens is 2. The first kappa shape index (κ1) is 17.5. The molecule has 1 amide bonds. The zero-order valence-corrected chi connectivity index (χ0v) is 15.2. The van der Waals surface area contributed by atoms with Crippen LogP contribution in [-0.2, 0) is 0 Å². The van der Waals surface area contributed by atoms with Gasteiger partial charge in [0.25, 0.3) is 5.91 Å². The van der Waals surface area contributed by atoms with Gasteiger partial charge in [-0.1, -0.05) is 6.07 Å². The van der Waals surface area contributed by atoms with Crippen molar-refractivity contribution in [1.82, 2.24) is 20.0 Å². The summed E-state index contributed by atoms with van der Waals surface area (Å²) in [4.78, 5) is 14.7. The first-order valence-corrected chi connectivity index (χ1v) is 8.77. The molecular formula is C19H26N4O2. The average molecular weight is 342 g/mol. The number of amides is 1. The molecule has 1 aliphatic rings. The molecule has 6 heteroatoms. The first-order valence-electron chi connectivity index (χ1n) is 8.77. The highest BCUT2D eigenvalue weighted by Crippen LogP contribution is 2.24. The highest BCUT2D eigenvalue weighted by atomic mass is 16.5. The Morgan fingerprint density at radius 1 is 1.40 bits per heavy atom. The van der Waals surface area contributed by atoms with Crippen molar-refractivity contribution in [1.29, 1.82) is 0 Å². The second-order valence-corrected chi connectivity index (χ2v) is 6.64. The molecule has 3 rings (SSSR count). The predicted octanol–water partition coefficient (Wildman–Crippen LogP) is 2.26. The van der Waals surface area contributed by atoms with Gasteiger partial charge in [0.2, 0.25) is 0 Å². The smallest absolute Gasteiger partial charge is 0.274 e. The van der Waals surface area contributed by atoms with Crippen LogP contribution < -0.4 is 10.1 Å². The lowest BCUT2D eigenvalue weighted by Crippen LogP contribution is -2.42. The van der Waals surface area contributed by atoms with Crippen LogP contribution in [0.15, 0.2) is 30.5 Å². The SMILES string of the molecule is CNCC1CCCN(C(=O)c2ccn(-c3cc(C)ccc3OC)n2)C1. The molecular weight excluding hydrogens is 316 g/mol. The van der Waals surface area contributed by atoms with Crippen molar-refractivity contribution in [3.8, 4) is 11.4 Å². The number of carbonyl (C=O) groups is 1. The fourth-order valence-electron chi connectivity index (χ4n) is 3.42. The summed E-state index contributed by atoms with van der Waals surface area (Å²) in [5, 5.41) is 7.71. The van der Waals surface area contributed by atoms with Crippen molar-refractivity contribution < 1.29 is 9.53 Å². The molecule has 1 aliphatic heterocycles. The molecule has 6 nitrogen and oxygen atoms in total. The van der Waals surface area contributed by atoms with Gasteiger partial charge in [-0.2, -0.15) is 5.10 Å². The number of nitrogens with one attached hydrogen (secondary N) is 1. The molecule has 25 heavy (non-hydrogen) atoms. The van der Waals surface area contributed by atoms with Crippen molar-refractivity contribution >= 4 is 5.91 Å². The molecule has 2 aromatic rings. The lowest BCUT2D eigenvalue weighted by atomic mass is 9.98. The summed E-state index contributed by atoms with van der Waals surface area (Å²) in [5.41, 5.74) is 2.44. The Balaban J connectivity index is 1.79. The number of carbonyl (C=O) groups excluding carboxylic acids is 1. The molecule has 1 aromatic carbocycles.